The van der Waals surface area contributed by atoms with Crippen LogP contribution in [0.4, 0.5) is 5.69 Å². The Balaban J connectivity index is 1.51. The van der Waals surface area contributed by atoms with Gasteiger partial charge in [0.2, 0.25) is 5.75 Å². The van der Waals surface area contributed by atoms with Gasteiger partial charge in [0.15, 0.2) is 0 Å². The van der Waals surface area contributed by atoms with Crippen molar-refractivity contribution in [1.82, 2.24) is 9.66 Å². The maximum atomic E-state index is 13.3. The molecule has 0 unspecified atom stereocenters. The third-order valence-corrected chi connectivity index (χ3v) is 6.94. The van der Waals surface area contributed by atoms with Crippen LogP contribution in [0.2, 0.25) is 5.02 Å². The molecule has 0 bridgehead atoms. The standard InChI is InChI=1S/C29H22BrClN4O4/c1-17(2)28-33-25-11-10-21(30)14-23(25)29(36)34(28)32-15-18-12-24(31)27(26(13-18)35(37)38)39-16-20-8-5-7-19-6-3-4-9-22(19)20/h3-15,17H,16H2,1-2H3. The number of hydrogen-bond acceptors (Lipinski definition) is 6. The summed E-state index contributed by atoms with van der Waals surface area (Å²) in [4.78, 5) is 29.3. The Kier molecular flexibility index (Phi) is 7.45. The van der Waals surface area contributed by atoms with Crippen LogP contribution in [0, 0.1) is 10.1 Å². The molecule has 0 aliphatic rings. The fraction of sp³-hybridized carbons (Fsp3) is 0.138. The minimum Gasteiger partial charge on any atom is -0.481 e. The SMILES string of the molecule is CC(C)c1nc2ccc(Br)cc2c(=O)n1N=Cc1cc(Cl)c(OCc2cccc3ccccc23)c([N+](=O)[O-])c1. The Morgan fingerprint density at radius 2 is 1.87 bits per heavy atom. The molecule has 0 aliphatic carbocycles. The van der Waals surface area contributed by atoms with E-state index in [1.54, 1.807) is 12.1 Å². The first-order chi connectivity index (χ1) is 18.7. The molecule has 8 nitrogen and oxygen atoms in total. The van der Waals surface area contributed by atoms with Crippen molar-refractivity contribution < 1.29 is 9.66 Å². The van der Waals surface area contributed by atoms with Crippen LogP contribution >= 0.6 is 27.5 Å². The van der Waals surface area contributed by atoms with E-state index in [1.165, 1.54) is 23.0 Å². The van der Waals surface area contributed by atoms with Crippen molar-refractivity contribution in [1.29, 1.82) is 0 Å². The van der Waals surface area contributed by atoms with Crippen LogP contribution in [0.1, 0.15) is 36.7 Å². The third-order valence-electron chi connectivity index (χ3n) is 6.17. The van der Waals surface area contributed by atoms with Gasteiger partial charge in [-0.15, -0.1) is 0 Å². The molecule has 5 rings (SSSR count). The van der Waals surface area contributed by atoms with Crippen molar-refractivity contribution in [2.45, 2.75) is 26.4 Å². The van der Waals surface area contributed by atoms with Crippen LogP contribution in [0.5, 0.6) is 5.75 Å². The number of nitrogens with zero attached hydrogens (tertiary/aromatic N) is 4. The molecule has 1 heterocycles. The zero-order valence-electron chi connectivity index (χ0n) is 21.0. The maximum absolute atomic E-state index is 13.3. The molecule has 0 saturated heterocycles. The summed E-state index contributed by atoms with van der Waals surface area (Å²) in [5.41, 5.74) is 1.11. The molecule has 0 amide bonds. The summed E-state index contributed by atoms with van der Waals surface area (Å²) in [5, 5.41) is 18.8. The van der Waals surface area contributed by atoms with Gasteiger partial charge in [-0.2, -0.15) is 9.78 Å². The Bertz CT molecular complexity index is 1830. The topological polar surface area (TPSA) is 99.6 Å². The number of ether oxygens (including phenoxy) is 1. The number of nitro groups is 1. The van der Waals surface area contributed by atoms with Gasteiger partial charge in [-0.3, -0.25) is 14.9 Å². The highest BCUT2D eigenvalue weighted by Crippen LogP contribution is 2.37. The Morgan fingerprint density at radius 3 is 2.64 bits per heavy atom. The molecule has 196 valence electrons. The minimum absolute atomic E-state index is 0.0380. The molecule has 0 saturated carbocycles. The van der Waals surface area contributed by atoms with Crippen molar-refractivity contribution in [3.63, 3.8) is 0 Å². The predicted molar refractivity (Wildman–Crippen MR) is 157 cm³/mol. The van der Waals surface area contributed by atoms with Crippen LogP contribution < -0.4 is 10.3 Å². The minimum atomic E-state index is -0.553. The average Bonchev–Trinajstić information content (AvgIpc) is 2.91. The summed E-state index contributed by atoms with van der Waals surface area (Å²) < 4.78 is 7.83. The second-order valence-electron chi connectivity index (χ2n) is 9.18. The molecule has 0 spiro atoms. The van der Waals surface area contributed by atoms with Gasteiger partial charge in [-0.1, -0.05) is 83.8 Å². The zero-order chi connectivity index (χ0) is 27.7. The molecule has 0 radical (unpaired) electrons. The number of hydrogen-bond donors (Lipinski definition) is 0. The highest BCUT2D eigenvalue weighted by molar-refractivity contribution is 9.10. The first-order valence-corrected chi connectivity index (χ1v) is 13.2. The van der Waals surface area contributed by atoms with Crippen molar-refractivity contribution in [2.75, 3.05) is 0 Å². The van der Waals surface area contributed by atoms with E-state index in [0.717, 1.165) is 20.8 Å². The van der Waals surface area contributed by atoms with E-state index >= 15 is 0 Å². The van der Waals surface area contributed by atoms with E-state index < -0.39 is 4.92 Å². The molecule has 0 fully saturated rings. The summed E-state index contributed by atoms with van der Waals surface area (Å²) in [7, 11) is 0. The van der Waals surface area contributed by atoms with E-state index in [9.17, 15) is 14.9 Å². The Hall–Kier alpha value is -4.08. The summed E-state index contributed by atoms with van der Waals surface area (Å²) in [5.74, 6) is 0.316. The van der Waals surface area contributed by atoms with E-state index in [2.05, 4.69) is 26.0 Å². The van der Waals surface area contributed by atoms with Crippen LogP contribution in [-0.4, -0.2) is 20.8 Å². The van der Waals surface area contributed by atoms with E-state index in [1.807, 2.05) is 62.4 Å². The van der Waals surface area contributed by atoms with E-state index in [-0.39, 0.29) is 34.5 Å². The monoisotopic (exact) mass is 604 g/mol. The molecule has 0 N–H and O–H groups in total. The lowest BCUT2D eigenvalue weighted by atomic mass is 10.1. The van der Waals surface area contributed by atoms with Crippen molar-refractivity contribution in [3.05, 3.63) is 120 Å². The smallest absolute Gasteiger partial charge is 0.313 e. The summed E-state index contributed by atoms with van der Waals surface area (Å²) in [6.07, 6.45) is 1.35. The molecule has 4 aromatic carbocycles. The predicted octanol–water partition coefficient (Wildman–Crippen LogP) is 7.46. The van der Waals surface area contributed by atoms with Gasteiger partial charge in [0.05, 0.1) is 27.1 Å². The first kappa shape index (κ1) is 26.5. The molecule has 10 heteroatoms. The third kappa shape index (κ3) is 5.41. The van der Waals surface area contributed by atoms with Crippen LogP contribution in [-0.2, 0) is 6.61 Å². The number of halogens is 2. The van der Waals surface area contributed by atoms with Gasteiger partial charge < -0.3 is 4.74 Å². The first-order valence-electron chi connectivity index (χ1n) is 12.1. The second-order valence-corrected chi connectivity index (χ2v) is 10.5. The largest absolute Gasteiger partial charge is 0.481 e. The van der Waals surface area contributed by atoms with Crippen LogP contribution in [0.25, 0.3) is 21.7 Å². The Labute approximate surface area is 236 Å². The maximum Gasteiger partial charge on any atom is 0.313 e. The van der Waals surface area contributed by atoms with Crippen molar-refractivity contribution >= 4 is 61.1 Å². The average molecular weight is 606 g/mol. The number of nitro benzene ring substituents is 1. The van der Waals surface area contributed by atoms with Crippen molar-refractivity contribution in [3.8, 4) is 5.75 Å². The number of aromatic nitrogens is 2. The van der Waals surface area contributed by atoms with Crippen LogP contribution in [0.3, 0.4) is 0 Å². The molecule has 0 aliphatic heterocycles. The number of fused-ring (bicyclic) bond motifs is 2. The van der Waals surface area contributed by atoms with E-state index in [4.69, 9.17) is 16.3 Å². The van der Waals surface area contributed by atoms with Gasteiger partial charge in [0.1, 0.15) is 12.4 Å². The highest BCUT2D eigenvalue weighted by Gasteiger charge is 2.21. The lowest BCUT2D eigenvalue weighted by Crippen LogP contribution is -2.23. The lowest BCUT2D eigenvalue weighted by molar-refractivity contribution is -0.385. The molecule has 5 aromatic rings. The Morgan fingerprint density at radius 1 is 1.10 bits per heavy atom. The highest BCUT2D eigenvalue weighted by atomic mass is 79.9. The number of rotatable bonds is 7. The van der Waals surface area contributed by atoms with Gasteiger partial charge in [0, 0.05) is 22.0 Å². The van der Waals surface area contributed by atoms with Gasteiger partial charge in [-0.05, 0) is 40.6 Å². The summed E-state index contributed by atoms with van der Waals surface area (Å²) in [6.45, 7) is 3.91. The lowest BCUT2D eigenvalue weighted by Gasteiger charge is -2.12. The molecule has 39 heavy (non-hydrogen) atoms. The van der Waals surface area contributed by atoms with Gasteiger partial charge in [-0.25, -0.2) is 4.98 Å². The second kappa shape index (κ2) is 11.0. The zero-order valence-corrected chi connectivity index (χ0v) is 23.3. The van der Waals surface area contributed by atoms with Gasteiger partial charge in [0.25, 0.3) is 5.56 Å². The molecular formula is C29H22BrClN4O4. The van der Waals surface area contributed by atoms with Crippen molar-refractivity contribution in [2.24, 2.45) is 5.10 Å². The summed E-state index contributed by atoms with van der Waals surface area (Å²) >= 11 is 9.86. The summed E-state index contributed by atoms with van der Waals surface area (Å²) in [6, 6.07) is 21.7. The fourth-order valence-electron chi connectivity index (χ4n) is 4.30. The molecule has 0 atom stereocenters. The molecular weight excluding hydrogens is 584 g/mol. The normalized spacial score (nSPS) is 11.6. The fourth-order valence-corrected chi connectivity index (χ4v) is 4.93. The van der Waals surface area contributed by atoms with Crippen LogP contribution in [0.15, 0.2) is 87.2 Å². The number of benzene rings is 4. The molecule has 1 aromatic heterocycles. The van der Waals surface area contributed by atoms with E-state index in [0.29, 0.717) is 22.3 Å². The van der Waals surface area contributed by atoms with Gasteiger partial charge >= 0.3 is 5.69 Å². The quantitative estimate of drug-likeness (QED) is 0.109.